The summed E-state index contributed by atoms with van der Waals surface area (Å²) < 4.78 is 39.3. The van der Waals surface area contributed by atoms with Crippen LogP contribution in [0.15, 0.2) is 182 Å². The predicted octanol–water partition coefficient (Wildman–Crippen LogP) is 9.06. The zero-order chi connectivity index (χ0) is 37.6. The monoisotopic (exact) mass is 722 g/mol. The molecule has 0 fully saturated rings. The van der Waals surface area contributed by atoms with Crippen LogP contribution in [-0.4, -0.2) is 66.1 Å². The Balaban J connectivity index is 1.34. The Morgan fingerprint density at radius 1 is 0.315 bits per heavy atom. The summed E-state index contributed by atoms with van der Waals surface area (Å²) in [4.78, 5) is 0. The lowest BCUT2D eigenvalue weighted by molar-refractivity contribution is -0.182. The number of hydrogen-bond acceptors (Lipinski definition) is 6. The summed E-state index contributed by atoms with van der Waals surface area (Å²) in [7, 11) is 6.67. The lowest BCUT2D eigenvalue weighted by Crippen LogP contribution is -2.52. The van der Waals surface area contributed by atoms with Gasteiger partial charge >= 0.3 is 0 Å². The molecule has 54 heavy (non-hydrogen) atoms. The quantitative estimate of drug-likeness (QED) is 0.0778. The standard InChI is InChI=1S/C48H50O6/c1-49-43(35-53-47(37-23-11-5-12-24-37,38-25-13-6-14-26-38)39-27-15-7-16-28-39)45(51-3)46(52-4)44(50-2)36-54-48(40-29-17-8-18-30-40,41-31-19-9-20-32-41)42-33-21-10-22-34-42/h5-34,43-46H,35-36H2,1-4H3/t43-,44-,45-,46-/m1/s1. The molecule has 0 aliphatic carbocycles. The van der Waals surface area contributed by atoms with Gasteiger partial charge < -0.3 is 28.4 Å². The lowest BCUT2D eigenvalue weighted by Gasteiger charge is -2.41. The number of hydrogen-bond donors (Lipinski definition) is 0. The summed E-state index contributed by atoms with van der Waals surface area (Å²) in [5.74, 6) is 0. The highest BCUT2D eigenvalue weighted by Gasteiger charge is 2.44. The average Bonchev–Trinajstić information content (AvgIpc) is 3.26. The first-order valence-electron chi connectivity index (χ1n) is 18.3. The van der Waals surface area contributed by atoms with E-state index in [4.69, 9.17) is 28.4 Å². The van der Waals surface area contributed by atoms with E-state index in [1.54, 1.807) is 28.4 Å². The maximum absolute atomic E-state index is 7.19. The van der Waals surface area contributed by atoms with Crippen molar-refractivity contribution in [1.82, 2.24) is 0 Å². The van der Waals surface area contributed by atoms with Crippen molar-refractivity contribution in [1.29, 1.82) is 0 Å². The molecule has 6 heteroatoms. The molecule has 0 radical (unpaired) electrons. The minimum Gasteiger partial charge on any atom is -0.376 e. The van der Waals surface area contributed by atoms with Crippen LogP contribution in [0, 0.1) is 0 Å². The first-order valence-corrected chi connectivity index (χ1v) is 18.3. The Bertz CT molecular complexity index is 1590. The fraction of sp³-hybridized carbons (Fsp3) is 0.250. The van der Waals surface area contributed by atoms with Crippen LogP contribution in [0.1, 0.15) is 33.4 Å². The molecule has 6 rings (SSSR count). The van der Waals surface area contributed by atoms with Crippen LogP contribution >= 0.6 is 0 Å². The molecule has 0 aliphatic heterocycles. The zero-order valence-electron chi connectivity index (χ0n) is 31.5. The SMILES string of the molecule is CO[C@@H]([C@H](OC)[C@@H](COC(c1ccccc1)(c1ccccc1)c1ccccc1)OC)[C@@H](COC(c1ccccc1)(c1ccccc1)c1ccccc1)OC. The van der Waals surface area contributed by atoms with Gasteiger partial charge in [0.15, 0.2) is 0 Å². The molecule has 6 aromatic rings. The van der Waals surface area contributed by atoms with E-state index in [2.05, 4.69) is 72.8 Å². The topological polar surface area (TPSA) is 55.4 Å². The highest BCUT2D eigenvalue weighted by Crippen LogP contribution is 2.42. The summed E-state index contributed by atoms with van der Waals surface area (Å²) in [6.45, 7) is 0.347. The average molecular weight is 723 g/mol. The van der Waals surface area contributed by atoms with Crippen molar-refractivity contribution in [3.05, 3.63) is 215 Å². The first-order chi connectivity index (χ1) is 26.6. The molecule has 0 N–H and O–H groups in total. The molecule has 0 saturated heterocycles. The Kier molecular flexibility index (Phi) is 13.6. The molecule has 6 nitrogen and oxygen atoms in total. The number of benzene rings is 6. The summed E-state index contributed by atoms with van der Waals surface area (Å²) in [6, 6.07) is 61.8. The molecule has 4 atom stereocenters. The lowest BCUT2D eigenvalue weighted by atomic mass is 9.80. The third-order valence-corrected chi connectivity index (χ3v) is 10.2. The van der Waals surface area contributed by atoms with E-state index in [0.717, 1.165) is 33.4 Å². The second kappa shape index (κ2) is 18.9. The molecular formula is C48H50O6. The van der Waals surface area contributed by atoms with E-state index >= 15 is 0 Å². The normalized spacial score (nSPS) is 14.2. The third-order valence-electron chi connectivity index (χ3n) is 10.2. The first kappa shape index (κ1) is 38.8. The van der Waals surface area contributed by atoms with Gasteiger partial charge in [0.1, 0.15) is 35.6 Å². The molecule has 0 aromatic heterocycles. The molecule has 0 unspecified atom stereocenters. The van der Waals surface area contributed by atoms with Gasteiger partial charge in [-0.15, -0.1) is 0 Å². The van der Waals surface area contributed by atoms with E-state index in [0.29, 0.717) is 0 Å². The van der Waals surface area contributed by atoms with E-state index in [1.165, 1.54) is 0 Å². The number of rotatable bonds is 19. The second-order valence-electron chi connectivity index (χ2n) is 13.1. The molecule has 0 bridgehead atoms. The molecule has 0 amide bonds. The van der Waals surface area contributed by atoms with Gasteiger partial charge in [-0.05, 0) is 33.4 Å². The fourth-order valence-electron chi connectivity index (χ4n) is 7.54. The fourth-order valence-corrected chi connectivity index (χ4v) is 7.54. The molecule has 0 heterocycles. The number of methoxy groups -OCH3 is 4. The second-order valence-corrected chi connectivity index (χ2v) is 13.1. The highest BCUT2D eigenvalue weighted by molar-refractivity contribution is 5.49. The van der Waals surface area contributed by atoms with Crippen molar-refractivity contribution in [2.45, 2.75) is 35.6 Å². The minimum absolute atomic E-state index is 0.173. The molecular weight excluding hydrogens is 673 g/mol. The summed E-state index contributed by atoms with van der Waals surface area (Å²) >= 11 is 0. The molecule has 278 valence electrons. The van der Waals surface area contributed by atoms with E-state index < -0.39 is 35.6 Å². The largest absolute Gasteiger partial charge is 0.376 e. The van der Waals surface area contributed by atoms with Crippen LogP contribution in [0.3, 0.4) is 0 Å². The molecule has 0 aliphatic rings. The van der Waals surface area contributed by atoms with Gasteiger partial charge in [-0.25, -0.2) is 0 Å². The maximum atomic E-state index is 7.19. The Hall–Kier alpha value is -4.92. The van der Waals surface area contributed by atoms with Crippen LogP contribution < -0.4 is 0 Å². The van der Waals surface area contributed by atoms with Gasteiger partial charge in [-0.2, -0.15) is 0 Å². The molecule has 0 spiro atoms. The molecule has 0 saturated carbocycles. The van der Waals surface area contributed by atoms with Crippen molar-refractivity contribution in [3.63, 3.8) is 0 Å². The number of ether oxygens (including phenoxy) is 6. The minimum atomic E-state index is -0.939. The summed E-state index contributed by atoms with van der Waals surface area (Å²) in [6.07, 6.45) is -2.33. The smallest absolute Gasteiger partial charge is 0.143 e. The Labute approximate surface area is 320 Å². The molecule has 6 aromatic carbocycles. The summed E-state index contributed by atoms with van der Waals surface area (Å²) in [5, 5.41) is 0. The summed E-state index contributed by atoms with van der Waals surface area (Å²) in [5.41, 5.74) is 4.10. The van der Waals surface area contributed by atoms with Crippen LogP contribution in [-0.2, 0) is 39.6 Å². The van der Waals surface area contributed by atoms with Gasteiger partial charge in [-0.3, -0.25) is 0 Å². The van der Waals surface area contributed by atoms with Crippen molar-refractivity contribution in [2.24, 2.45) is 0 Å². The predicted molar refractivity (Wildman–Crippen MR) is 214 cm³/mol. The Morgan fingerprint density at radius 2 is 0.519 bits per heavy atom. The maximum Gasteiger partial charge on any atom is 0.143 e. The van der Waals surface area contributed by atoms with Crippen molar-refractivity contribution < 1.29 is 28.4 Å². The van der Waals surface area contributed by atoms with Crippen LogP contribution in [0.2, 0.25) is 0 Å². The van der Waals surface area contributed by atoms with Crippen molar-refractivity contribution in [2.75, 3.05) is 41.7 Å². The van der Waals surface area contributed by atoms with E-state index in [-0.39, 0.29) is 13.2 Å². The van der Waals surface area contributed by atoms with Crippen LogP contribution in [0.4, 0.5) is 0 Å². The third kappa shape index (κ3) is 8.10. The van der Waals surface area contributed by atoms with Gasteiger partial charge in [0, 0.05) is 28.4 Å². The van der Waals surface area contributed by atoms with Crippen molar-refractivity contribution >= 4 is 0 Å². The van der Waals surface area contributed by atoms with Crippen LogP contribution in [0.25, 0.3) is 0 Å². The van der Waals surface area contributed by atoms with E-state index in [9.17, 15) is 0 Å². The zero-order valence-corrected chi connectivity index (χ0v) is 31.5. The van der Waals surface area contributed by atoms with E-state index in [1.807, 2.05) is 109 Å². The Morgan fingerprint density at radius 3 is 0.685 bits per heavy atom. The van der Waals surface area contributed by atoms with Gasteiger partial charge in [0.2, 0.25) is 0 Å². The van der Waals surface area contributed by atoms with Gasteiger partial charge in [0.25, 0.3) is 0 Å². The van der Waals surface area contributed by atoms with Gasteiger partial charge in [-0.1, -0.05) is 182 Å². The van der Waals surface area contributed by atoms with Gasteiger partial charge in [0.05, 0.1) is 13.2 Å². The van der Waals surface area contributed by atoms with Crippen LogP contribution in [0.5, 0.6) is 0 Å². The van der Waals surface area contributed by atoms with Crippen molar-refractivity contribution in [3.8, 4) is 0 Å². The highest BCUT2D eigenvalue weighted by atomic mass is 16.6.